The molecular formula is C16H20FN5O. The number of pyridine rings is 1. The molecule has 0 saturated heterocycles. The molecule has 0 aliphatic carbocycles. The Morgan fingerprint density at radius 1 is 1.43 bits per heavy atom. The normalized spacial score (nSPS) is 13.7. The van der Waals surface area contributed by atoms with Crippen molar-refractivity contribution in [2.45, 2.75) is 6.54 Å². The van der Waals surface area contributed by atoms with Crippen molar-refractivity contribution in [1.82, 2.24) is 9.88 Å². The van der Waals surface area contributed by atoms with Crippen molar-refractivity contribution in [2.24, 2.45) is 0 Å². The molecule has 3 rings (SSSR count). The smallest absolute Gasteiger partial charge is 0.272 e. The molecule has 0 spiro atoms. The zero-order valence-corrected chi connectivity index (χ0v) is 12.3. The lowest BCUT2D eigenvalue weighted by Crippen LogP contribution is -2.38. The Morgan fingerprint density at radius 3 is 3.09 bits per heavy atom. The van der Waals surface area contributed by atoms with Gasteiger partial charge in [-0.2, -0.15) is 0 Å². The Kier molecular flexibility index (Phi) is 3.92. The van der Waals surface area contributed by atoms with Crippen molar-refractivity contribution in [1.29, 1.82) is 5.41 Å². The summed E-state index contributed by atoms with van der Waals surface area (Å²) < 4.78 is 13.4. The zero-order chi connectivity index (χ0) is 16.4. The fraction of sp³-hybridized carbons (Fsp3) is 0.188. The largest absolute Gasteiger partial charge is 0.398 e. The van der Waals surface area contributed by atoms with Gasteiger partial charge in [0.15, 0.2) is 0 Å². The first-order chi connectivity index (χ1) is 11.1. The third-order valence-corrected chi connectivity index (χ3v) is 3.75. The van der Waals surface area contributed by atoms with Crippen LogP contribution in [0.1, 0.15) is 14.0 Å². The number of benzene rings is 1. The lowest BCUT2D eigenvalue weighted by molar-refractivity contribution is -0.124. The fourth-order valence-corrected chi connectivity index (χ4v) is 2.53. The standard InChI is InChI=1S/C16H16FN5O.2H2/c17-11-1-2-13(18)12(7-11)15(19)16(23)22-6-5-21-14-3-4-20-8-10(14)9-22;;/h1-4,7-8,19,21H,5-6,9,18H2;2*1H. The van der Waals surface area contributed by atoms with Gasteiger partial charge in [-0.3, -0.25) is 15.2 Å². The molecule has 6 nitrogen and oxygen atoms in total. The highest BCUT2D eigenvalue weighted by Gasteiger charge is 2.24. The number of hydrogen-bond acceptors (Lipinski definition) is 5. The first kappa shape index (κ1) is 15.0. The number of anilines is 2. The number of nitrogens with one attached hydrogen (secondary N) is 2. The minimum Gasteiger partial charge on any atom is -0.398 e. The van der Waals surface area contributed by atoms with E-state index in [1.54, 1.807) is 12.4 Å². The Balaban J connectivity index is 0.00000156. The molecule has 1 aliphatic heterocycles. The number of nitrogen functional groups attached to an aromatic ring is 1. The summed E-state index contributed by atoms with van der Waals surface area (Å²) in [7, 11) is 0. The second kappa shape index (κ2) is 6.04. The molecule has 4 N–H and O–H groups in total. The number of halogens is 1. The maximum Gasteiger partial charge on any atom is 0.272 e. The van der Waals surface area contributed by atoms with E-state index in [0.29, 0.717) is 19.6 Å². The minimum atomic E-state index is -0.529. The average molecular weight is 317 g/mol. The van der Waals surface area contributed by atoms with Gasteiger partial charge in [-0.15, -0.1) is 0 Å². The number of aromatic nitrogens is 1. The summed E-state index contributed by atoms with van der Waals surface area (Å²) in [5.74, 6) is -1.01. The van der Waals surface area contributed by atoms with Gasteiger partial charge >= 0.3 is 0 Å². The molecular weight excluding hydrogens is 297 g/mol. The van der Waals surface area contributed by atoms with E-state index >= 15 is 0 Å². The van der Waals surface area contributed by atoms with Crippen LogP contribution in [0.3, 0.4) is 0 Å². The molecule has 0 unspecified atom stereocenters. The van der Waals surface area contributed by atoms with Crippen LogP contribution in [-0.4, -0.2) is 34.6 Å². The average Bonchev–Trinajstić information content (AvgIpc) is 2.78. The summed E-state index contributed by atoms with van der Waals surface area (Å²) in [5.41, 5.74) is 7.57. The number of nitrogens with zero attached hydrogens (tertiary/aromatic N) is 2. The highest BCUT2D eigenvalue weighted by atomic mass is 19.1. The zero-order valence-electron chi connectivity index (χ0n) is 12.3. The summed E-state index contributed by atoms with van der Waals surface area (Å²) in [6, 6.07) is 5.52. The summed E-state index contributed by atoms with van der Waals surface area (Å²) in [4.78, 5) is 18.2. The number of hydrogen-bond donors (Lipinski definition) is 3. The quantitative estimate of drug-likeness (QED) is 0.584. The van der Waals surface area contributed by atoms with Crippen LogP contribution in [0, 0.1) is 11.2 Å². The number of fused-ring (bicyclic) bond motifs is 1. The molecule has 0 fully saturated rings. The van der Waals surface area contributed by atoms with Gasteiger partial charge in [0.2, 0.25) is 0 Å². The van der Waals surface area contributed by atoms with Crippen molar-refractivity contribution in [3.63, 3.8) is 0 Å². The van der Waals surface area contributed by atoms with E-state index in [1.165, 1.54) is 17.0 Å². The van der Waals surface area contributed by atoms with Crippen LogP contribution >= 0.6 is 0 Å². The molecule has 23 heavy (non-hydrogen) atoms. The molecule has 0 bridgehead atoms. The molecule has 2 heterocycles. The van der Waals surface area contributed by atoms with Crippen LogP contribution in [0.4, 0.5) is 15.8 Å². The topological polar surface area (TPSA) is 95.1 Å². The van der Waals surface area contributed by atoms with E-state index < -0.39 is 11.7 Å². The van der Waals surface area contributed by atoms with Crippen molar-refractivity contribution in [2.75, 3.05) is 24.1 Å². The van der Waals surface area contributed by atoms with E-state index in [9.17, 15) is 9.18 Å². The monoisotopic (exact) mass is 317 g/mol. The molecule has 2 aromatic rings. The second-order valence-electron chi connectivity index (χ2n) is 5.29. The molecule has 122 valence electrons. The summed E-state index contributed by atoms with van der Waals surface area (Å²) >= 11 is 0. The molecule has 1 aromatic carbocycles. The van der Waals surface area contributed by atoms with E-state index in [4.69, 9.17) is 11.1 Å². The van der Waals surface area contributed by atoms with Crippen molar-refractivity contribution in [3.05, 3.63) is 53.6 Å². The molecule has 1 aromatic heterocycles. The maximum absolute atomic E-state index is 13.4. The van der Waals surface area contributed by atoms with Crippen LogP contribution in [0.15, 0.2) is 36.7 Å². The van der Waals surface area contributed by atoms with Crippen LogP contribution in [0.2, 0.25) is 0 Å². The molecule has 0 saturated carbocycles. The van der Waals surface area contributed by atoms with Gasteiger partial charge in [0.1, 0.15) is 11.5 Å². The van der Waals surface area contributed by atoms with E-state index in [1.807, 2.05) is 6.07 Å². The Morgan fingerprint density at radius 2 is 2.26 bits per heavy atom. The van der Waals surface area contributed by atoms with Gasteiger partial charge in [-0.1, -0.05) is 0 Å². The highest BCUT2D eigenvalue weighted by molar-refractivity contribution is 6.45. The van der Waals surface area contributed by atoms with E-state index in [0.717, 1.165) is 17.3 Å². The summed E-state index contributed by atoms with van der Waals surface area (Å²) in [6.45, 7) is 1.34. The number of amides is 1. The minimum absolute atomic E-state index is 0. The van der Waals surface area contributed by atoms with Crippen molar-refractivity contribution < 1.29 is 12.0 Å². The van der Waals surface area contributed by atoms with Crippen LogP contribution in [-0.2, 0) is 11.3 Å². The predicted octanol–water partition coefficient (Wildman–Crippen LogP) is 2.12. The molecule has 1 amide bonds. The van der Waals surface area contributed by atoms with Crippen molar-refractivity contribution in [3.8, 4) is 0 Å². The lowest BCUT2D eigenvalue weighted by Gasteiger charge is -2.21. The van der Waals surface area contributed by atoms with Crippen LogP contribution in [0.5, 0.6) is 0 Å². The summed E-state index contributed by atoms with van der Waals surface area (Å²) in [6.07, 6.45) is 3.37. The summed E-state index contributed by atoms with van der Waals surface area (Å²) in [5, 5.41) is 11.3. The second-order valence-corrected chi connectivity index (χ2v) is 5.29. The van der Waals surface area contributed by atoms with Gasteiger partial charge in [0, 0.05) is 57.4 Å². The van der Waals surface area contributed by atoms with Crippen LogP contribution in [0.25, 0.3) is 0 Å². The number of nitrogens with two attached hydrogens (primary N) is 1. The fourth-order valence-electron chi connectivity index (χ4n) is 2.53. The van der Waals surface area contributed by atoms with Gasteiger partial charge in [-0.05, 0) is 24.3 Å². The highest BCUT2D eigenvalue weighted by Crippen LogP contribution is 2.20. The number of carbonyl (C=O) groups excluding carboxylic acids is 1. The Hall–Kier alpha value is -2.96. The molecule has 0 atom stereocenters. The van der Waals surface area contributed by atoms with Crippen LogP contribution < -0.4 is 11.1 Å². The third kappa shape index (κ3) is 2.98. The predicted molar refractivity (Wildman–Crippen MR) is 90.0 cm³/mol. The SMILES string of the molecule is N=C(C(=O)N1CCNc2ccncc2C1)c1cc(F)ccc1N.[HH].[HH]. The third-order valence-electron chi connectivity index (χ3n) is 3.75. The van der Waals surface area contributed by atoms with Gasteiger partial charge in [0.05, 0.1) is 0 Å². The molecule has 0 radical (unpaired) electrons. The van der Waals surface area contributed by atoms with E-state index in [-0.39, 0.29) is 19.8 Å². The number of rotatable bonds is 2. The Bertz CT molecular complexity index is 787. The lowest BCUT2D eigenvalue weighted by atomic mass is 10.1. The first-order valence-corrected chi connectivity index (χ1v) is 7.16. The van der Waals surface area contributed by atoms with Gasteiger partial charge in [0.25, 0.3) is 5.91 Å². The first-order valence-electron chi connectivity index (χ1n) is 7.16. The van der Waals surface area contributed by atoms with Crippen molar-refractivity contribution >= 4 is 23.0 Å². The number of carbonyl (C=O) groups is 1. The Labute approximate surface area is 135 Å². The maximum atomic E-state index is 13.4. The molecule has 7 heteroatoms. The van der Waals surface area contributed by atoms with E-state index in [2.05, 4.69) is 10.3 Å². The van der Waals surface area contributed by atoms with Gasteiger partial charge < -0.3 is 16.0 Å². The molecule has 1 aliphatic rings. The van der Waals surface area contributed by atoms with Gasteiger partial charge in [-0.25, -0.2) is 4.39 Å².